The molecule has 5 heteroatoms. The fourth-order valence-electron chi connectivity index (χ4n) is 3.21. The van der Waals surface area contributed by atoms with Crippen molar-refractivity contribution < 1.29 is 14.3 Å². The van der Waals surface area contributed by atoms with Crippen molar-refractivity contribution in [3.05, 3.63) is 23.8 Å². The van der Waals surface area contributed by atoms with Gasteiger partial charge in [-0.2, -0.15) is 5.10 Å². The van der Waals surface area contributed by atoms with Crippen molar-refractivity contribution in [3.8, 4) is 11.5 Å². The van der Waals surface area contributed by atoms with E-state index in [1.807, 2.05) is 0 Å². The number of hydrogen-bond acceptors (Lipinski definition) is 4. The van der Waals surface area contributed by atoms with Gasteiger partial charge in [0.1, 0.15) is 11.5 Å². The number of carbonyl (C=O) groups is 1. The van der Waals surface area contributed by atoms with E-state index in [0.29, 0.717) is 34.8 Å². The Morgan fingerprint density at radius 1 is 1.17 bits per heavy atom. The number of rotatable bonds is 5. The molecule has 1 aliphatic rings. The number of benzene rings is 1. The van der Waals surface area contributed by atoms with Crippen molar-refractivity contribution in [2.24, 2.45) is 22.9 Å². The zero-order valence-electron chi connectivity index (χ0n) is 15.3. The van der Waals surface area contributed by atoms with Gasteiger partial charge in [-0.1, -0.05) is 20.8 Å². The van der Waals surface area contributed by atoms with Gasteiger partial charge in [-0.15, -0.1) is 0 Å². The Morgan fingerprint density at radius 2 is 1.79 bits per heavy atom. The van der Waals surface area contributed by atoms with Crippen LogP contribution >= 0.6 is 0 Å². The molecule has 2 atom stereocenters. The first-order valence-electron chi connectivity index (χ1n) is 8.54. The van der Waals surface area contributed by atoms with E-state index in [4.69, 9.17) is 9.47 Å². The lowest BCUT2D eigenvalue weighted by molar-refractivity contribution is 0.0953. The Bertz CT molecular complexity index is 588. The molecule has 1 aromatic rings. The standard InChI is InChI=1S/C19H28N2O3/c1-12(2)17-7-6-13(3)8-18(17)20-21-19(22)14-9-15(23-4)11-16(10-14)24-5/h9-13,17H,6-8H2,1-5H3,(H,21,22)/b20-18-/t13-,17+/m0/s1. The van der Waals surface area contributed by atoms with Crippen LogP contribution in [0, 0.1) is 17.8 Å². The molecule has 1 amide bonds. The van der Waals surface area contributed by atoms with Gasteiger partial charge in [0, 0.05) is 23.3 Å². The number of carbonyl (C=O) groups excluding carboxylic acids is 1. The minimum Gasteiger partial charge on any atom is -0.497 e. The molecule has 0 unspecified atom stereocenters. The topological polar surface area (TPSA) is 59.9 Å². The second kappa shape index (κ2) is 8.18. The van der Waals surface area contributed by atoms with E-state index >= 15 is 0 Å². The first-order valence-corrected chi connectivity index (χ1v) is 8.54. The molecule has 0 heterocycles. The zero-order chi connectivity index (χ0) is 17.7. The second-order valence-corrected chi connectivity index (χ2v) is 6.88. The van der Waals surface area contributed by atoms with E-state index < -0.39 is 0 Å². The summed E-state index contributed by atoms with van der Waals surface area (Å²) in [4.78, 5) is 12.5. The molecule has 2 rings (SSSR count). The lowest BCUT2D eigenvalue weighted by Gasteiger charge is -2.30. The molecule has 1 N–H and O–H groups in total. The summed E-state index contributed by atoms with van der Waals surface area (Å²) < 4.78 is 10.4. The van der Waals surface area contributed by atoms with E-state index in [1.165, 1.54) is 6.42 Å². The Kier molecular flexibility index (Phi) is 6.23. The smallest absolute Gasteiger partial charge is 0.271 e. The summed E-state index contributed by atoms with van der Waals surface area (Å²) in [6.07, 6.45) is 3.31. The van der Waals surface area contributed by atoms with Crippen LogP contribution in [0.5, 0.6) is 11.5 Å². The fourth-order valence-corrected chi connectivity index (χ4v) is 3.21. The van der Waals surface area contributed by atoms with Gasteiger partial charge in [-0.25, -0.2) is 5.43 Å². The van der Waals surface area contributed by atoms with E-state index in [1.54, 1.807) is 32.4 Å². The van der Waals surface area contributed by atoms with Gasteiger partial charge in [-0.3, -0.25) is 4.79 Å². The second-order valence-electron chi connectivity index (χ2n) is 6.88. The average molecular weight is 332 g/mol. The molecule has 1 fully saturated rings. The van der Waals surface area contributed by atoms with Gasteiger partial charge in [0.05, 0.1) is 14.2 Å². The van der Waals surface area contributed by atoms with Crippen LogP contribution in [-0.2, 0) is 0 Å². The van der Waals surface area contributed by atoms with Crippen molar-refractivity contribution in [2.75, 3.05) is 14.2 Å². The molecule has 0 bridgehead atoms. The molecule has 24 heavy (non-hydrogen) atoms. The fraction of sp³-hybridized carbons (Fsp3) is 0.579. The summed E-state index contributed by atoms with van der Waals surface area (Å²) in [6, 6.07) is 5.10. The lowest BCUT2D eigenvalue weighted by Crippen LogP contribution is -2.31. The molecule has 0 radical (unpaired) electrons. The van der Waals surface area contributed by atoms with Crippen molar-refractivity contribution in [2.45, 2.75) is 40.0 Å². The normalized spacial score (nSPS) is 22.5. The van der Waals surface area contributed by atoms with E-state index in [-0.39, 0.29) is 5.91 Å². The van der Waals surface area contributed by atoms with Crippen molar-refractivity contribution in [1.82, 2.24) is 5.43 Å². The highest BCUT2D eigenvalue weighted by Crippen LogP contribution is 2.31. The lowest BCUT2D eigenvalue weighted by atomic mass is 9.76. The first kappa shape index (κ1) is 18.3. The molecule has 132 valence electrons. The van der Waals surface area contributed by atoms with Crippen molar-refractivity contribution in [3.63, 3.8) is 0 Å². The maximum atomic E-state index is 12.5. The van der Waals surface area contributed by atoms with Crippen LogP contribution in [0.4, 0.5) is 0 Å². The van der Waals surface area contributed by atoms with Crippen LogP contribution < -0.4 is 14.9 Å². The van der Waals surface area contributed by atoms with Gasteiger partial charge in [0.25, 0.3) is 5.91 Å². The monoisotopic (exact) mass is 332 g/mol. The number of amides is 1. The number of hydrogen-bond donors (Lipinski definition) is 1. The first-order chi connectivity index (χ1) is 11.4. The molecular weight excluding hydrogens is 304 g/mol. The van der Waals surface area contributed by atoms with Gasteiger partial charge in [0.15, 0.2) is 0 Å². The summed E-state index contributed by atoms with van der Waals surface area (Å²) in [6.45, 7) is 6.66. The third-order valence-corrected chi connectivity index (χ3v) is 4.68. The van der Waals surface area contributed by atoms with E-state index in [0.717, 1.165) is 18.6 Å². The summed E-state index contributed by atoms with van der Waals surface area (Å²) in [5.74, 6) is 2.51. The quantitative estimate of drug-likeness (QED) is 0.832. The predicted molar refractivity (Wildman–Crippen MR) is 95.8 cm³/mol. The Balaban J connectivity index is 2.16. The molecule has 1 saturated carbocycles. The highest BCUT2D eigenvalue weighted by Gasteiger charge is 2.27. The number of ether oxygens (including phenoxy) is 2. The van der Waals surface area contributed by atoms with Crippen LogP contribution in [0.3, 0.4) is 0 Å². The number of methoxy groups -OCH3 is 2. The maximum Gasteiger partial charge on any atom is 0.271 e. The highest BCUT2D eigenvalue weighted by atomic mass is 16.5. The van der Waals surface area contributed by atoms with E-state index in [9.17, 15) is 4.79 Å². The SMILES string of the molecule is COc1cc(OC)cc(C(=O)N/N=C2/C[C@@H](C)CC[C@@H]2C(C)C)c1. The zero-order valence-corrected chi connectivity index (χ0v) is 15.3. The molecular formula is C19H28N2O3. The molecule has 0 aliphatic heterocycles. The number of nitrogens with zero attached hydrogens (tertiary/aromatic N) is 1. The third kappa shape index (κ3) is 4.49. The summed E-state index contributed by atoms with van der Waals surface area (Å²) in [7, 11) is 3.13. The van der Waals surface area contributed by atoms with Crippen LogP contribution in [0.2, 0.25) is 0 Å². The van der Waals surface area contributed by atoms with Gasteiger partial charge >= 0.3 is 0 Å². The minimum absolute atomic E-state index is 0.250. The average Bonchev–Trinajstić information content (AvgIpc) is 2.58. The molecule has 0 saturated heterocycles. The summed E-state index contributed by atoms with van der Waals surface area (Å²) in [5, 5.41) is 4.46. The highest BCUT2D eigenvalue weighted by molar-refractivity contribution is 5.96. The molecule has 1 aliphatic carbocycles. The number of hydrazone groups is 1. The predicted octanol–water partition coefficient (Wildman–Crippen LogP) is 3.88. The molecule has 5 nitrogen and oxygen atoms in total. The number of nitrogens with one attached hydrogen (secondary N) is 1. The summed E-state index contributed by atoms with van der Waals surface area (Å²) in [5.41, 5.74) is 4.29. The van der Waals surface area contributed by atoms with Crippen LogP contribution in [-0.4, -0.2) is 25.8 Å². The molecule has 1 aromatic carbocycles. The van der Waals surface area contributed by atoms with Gasteiger partial charge in [-0.05, 0) is 43.2 Å². The Hall–Kier alpha value is -2.04. The van der Waals surface area contributed by atoms with E-state index in [2.05, 4.69) is 31.3 Å². The van der Waals surface area contributed by atoms with Crippen molar-refractivity contribution in [1.29, 1.82) is 0 Å². The maximum absolute atomic E-state index is 12.5. The van der Waals surface area contributed by atoms with Gasteiger partial charge < -0.3 is 9.47 Å². The summed E-state index contributed by atoms with van der Waals surface area (Å²) >= 11 is 0. The van der Waals surface area contributed by atoms with Gasteiger partial charge in [0.2, 0.25) is 0 Å². The van der Waals surface area contributed by atoms with Crippen LogP contribution in [0.15, 0.2) is 23.3 Å². The minimum atomic E-state index is -0.250. The van der Waals surface area contributed by atoms with Crippen LogP contribution in [0.1, 0.15) is 50.4 Å². The largest absolute Gasteiger partial charge is 0.497 e. The van der Waals surface area contributed by atoms with Crippen LogP contribution in [0.25, 0.3) is 0 Å². The third-order valence-electron chi connectivity index (χ3n) is 4.68. The molecule has 0 aromatic heterocycles. The Labute approximate surface area is 144 Å². The molecule has 0 spiro atoms. The Morgan fingerprint density at radius 3 is 2.33 bits per heavy atom. The van der Waals surface area contributed by atoms with Crippen molar-refractivity contribution >= 4 is 11.6 Å².